The fraction of sp³-hybridized carbons (Fsp3) is 0.364. The van der Waals surface area contributed by atoms with Gasteiger partial charge in [0.1, 0.15) is 0 Å². The molecule has 9 heteroatoms. The second kappa shape index (κ2) is 9.65. The number of rotatable bonds is 9. The van der Waals surface area contributed by atoms with Crippen molar-refractivity contribution >= 4 is 5.78 Å². The predicted molar refractivity (Wildman–Crippen MR) is 113 cm³/mol. The van der Waals surface area contributed by atoms with Crippen molar-refractivity contribution in [2.45, 2.75) is 33.2 Å². The molecule has 1 aromatic carbocycles. The van der Waals surface area contributed by atoms with Gasteiger partial charge in [0.25, 0.3) is 0 Å². The maximum atomic E-state index is 13.9. The number of hydrogen-bond acceptors (Lipinski definition) is 6. The van der Waals surface area contributed by atoms with Gasteiger partial charge in [0.2, 0.25) is 0 Å². The number of ether oxygens (including phenoxy) is 1. The van der Waals surface area contributed by atoms with Crippen LogP contribution in [0.1, 0.15) is 25.8 Å². The van der Waals surface area contributed by atoms with Crippen LogP contribution in [0.4, 0.5) is 4.39 Å². The standard InChI is InChI=1S/C22H25FN4O4/c1-14(2)10-17(29)13-26-21(16-5-6-18(23)19(11-16)31-3)25-27(22(26)30)20-7-4-15(8-9-28)12-24-20/h4-7,11-12,14,28H,8-10,13H2,1-3H3. The molecule has 0 unspecified atom stereocenters. The zero-order valence-electron chi connectivity index (χ0n) is 17.7. The number of carbonyl (C=O) groups is 1. The quantitative estimate of drug-likeness (QED) is 0.562. The van der Waals surface area contributed by atoms with Gasteiger partial charge in [-0.25, -0.2) is 14.2 Å². The number of benzene rings is 1. The third-order valence-electron chi connectivity index (χ3n) is 4.67. The summed E-state index contributed by atoms with van der Waals surface area (Å²) < 4.78 is 21.3. The third-order valence-corrected chi connectivity index (χ3v) is 4.67. The highest BCUT2D eigenvalue weighted by molar-refractivity contribution is 5.79. The van der Waals surface area contributed by atoms with Crippen molar-refractivity contribution in [2.75, 3.05) is 13.7 Å². The van der Waals surface area contributed by atoms with Crippen LogP contribution in [0.15, 0.2) is 41.3 Å². The first-order valence-corrected chi connectivity index (χ1v) is 9.95. The fourth-order valence-corrected chi connectivity index (χ4v) is 3.22. The average molecular weight is 428 g/mol. The normalized spacial score (nSPS) is 11.2. The summed E-state index contributed by atoms with van der Waals surface area (Å²) in [5.74, 6) is -0.0204. The van der Waals surface area contributed by atoms with E-state index in [2.05, 4.69) is 10.1 Å². The molecule has 0 aliphatic carbocycles. The molecule has 0 aliphatic rings. The third kappa shape index (κ3) is 5.05. The first kappa shape index (κ1) is 22.4. The molecule has 0 saturated heterocycles. The molecule has 31 heavy (non-hydrogen) atoms. The van der Waals surface area contributed by atoms with E-state index in [0.29, 0.717) is 18.4 Å². The van der Waals surface area contributed by atoms with Gasteiger partial charge in [0.05, 0.1) is 13.7 Å². The molecule has 0 amide bonds. The van der Waals surface area contributed by atoms with Gasteiger partial charge >= 0.3 is 5.69 Å². The topological polar surface area (TPSA) is 99.2 Å². The van der Waals surface area contributed by atoms with E-state index < -0.39 is 11.5 Å². The van der Waals surface area contributed by atoms with Crippen molar-refractivity contribution in [2.24, 2.45) is 5.92 Å². The lowest BCUT2D eigenvalue weighted by molar-refractivity contribution is -0.120. The molecule has 0 atom stereocenters. The number of hydrogen-bond donors (Lipinski definition) is 1. The van der Waals surface area contributed by atoms with Gasteiger partial charge in [-0.3, -0.25) is 9.36 Å². The van der Waals surface area contributed by atoms with Crippen molar-refractivity contribution in [3.8, 4) is 23.0 Å². The molecular formula is C22H25FN4O4. The van der Waals surface area contributed by atoms with Crippen LogP contribution in [0.3, 0.4) is 0 Å². The van der Waals surface area contributed by atoms with E-state index in [-0.39, 0.29) is 42.2 Å². The summed E-state index contributed by atoms with van der Waals surface area (Å²) in [6.07, 6.45) is 2.32. The van der Waals surface area contributed by atoms with E-state index >= 15 is 0 Å². The Morgan fingerprint density at radius 3 is 2.65 bits per heavy atom. The Morgan fingerprint density at radius 1 is 1.26 bits per heavy atom. The molecule has 8 nitrogen and oxygen atoms in total. The average Bonchev–Trinajstić information content (AvgIpc) is 3.05. The zero-order chi connectivity index (χ0) is 22.5. The Kier molecular flexibility index (Phi) is 6.96. The second-order valence-corrected chi connectivity index (χ2v) is 7.59. The number of aliphatic hydroxyl groups excluding tert-OH is 1. The summed E-state index contributed by atoms with van der Waals surface area (Å²) in [6.45, 7) is 3.68. The Bertz CT molecular complexity index is 1120. The first-order valence-electron chi connectivity index (χ1n) is 9.95. The minimum atomic E-state index is -0.545. The highest BCUT2D eigenvalue weighted by Gasteiger charge is 2.20. The van der Waals surface area contributed by atoms with Crippen molar-refractivity contribution in [3.05, 3.63) is 58.4 Å². The van der Waals surface area contributed by atoms with E-state index in [4.69, 9.17) is 9.84 Å². The van der Waals surface area contributed by atoms with Gasteiger partial charge in [-0.1, -0.05) is 19.9 Å². The van der Waals surface area contributed by atoms with Crippen LogP contribution in [0.2, 0.25) is 0 Å². The van der Waals surface area contributed by atoms with Gasteiger partial charge in [0.15, 0.2) is 29.0 Å². The maximum Gasteiger partial charge on any atom is 0.352 e. The van der Waals surface area contributed by atoms with Crippen LogP contribution < -0.4 is 10.4 Å². The number of nitrogens with zero attached hydrogens (tertiary/aromatic N) is 4. The largest absolute Gasteiger partial charge is 0.494 e. The number of halogens is 1. The molecule has 2 aromatic heterocycles. The number of Topliss-reactive ketones (excluding diaryl/α,β-unsaturated/α-hetero) is 1. The van der Waals surface area contributed by atoms with Crippen LogP contribution >= 0.6 is 0 Å². The van der Waals surface area contributed by atoms with E-state index in [1.54, 1.807) is 18.3 Å². The van der Waals surface area contributed by atoms with Crippen LogP contribution in [0, 0.1) is 11.7 Å². The summed E-state index contributed by atoms with van der Waals surface area (Å²) in [5.41, 5.74) is 0.718. The minimum absolute atomic E-state index is 0.00559. The lowest BCUT2D eigenvalue weighted by atomic mass is 10.1. The van der Waals surface area contributed by atoms with Gasteiger partial charge in [-0.05, 0) is 42.2 Å². The van der Waals surface area contributed by atoms with E-state index in [0.717, 1.165) is 10.2 Å². The molecule has 3 rings (SSSR count). The fourth-order valence-electron chi connectivity index (χ4n) is 3.22. The number of aromatic nitrogens is 4. The molecule has 2 heterocycles. The highest BCUT2D eigenvalue weighted by atomic mass is 19.1. The number of carbonyl (C=O) groups excluding carboxylic acids is 1. The van der Waals surface area contributed by atoms with Gasteiger partial charge in [-0.15, -0.1) is 5.10 Å². The van der Waals surface area contributed by atoms with E-state index in [1.165, 1.54) is 29.9 Å². The summed E-state index contributed by atoms with van der Waals surface area (Å²) in [5, 5.41) is 13.4. The number of aliphatic hydroxyl groups is 1. The van der Waals surface area contributed by atoms with Crippen LogP contribution in [0.25, 0.3) is 17.2 Å². The Hall–Kier alpha value is -3.33. The number of pyridine rings is 1. The lowest BCUT2D eigenvalue weighted by Gasteiger charge is -2.08. The molecule has 0 bridgehead atoms. The molecular weight excluding hydrogens is 403 g/mol. The number of ketones is 1. The molecule has 3 aromatic rings. The van der Waals surface area contributed by atoms with Gasteiger partial charge < -0.3 is 9.84 Å². The lowest BCUT2D eigenvalue weighted by Crippen LogP contribution is -2.27. The molecule has 0 saturated carbocycles. The molecule has 164 valence electrons. The summed E-state index contributed by atoms with van der Waals surface area (Å²) in [4.78, 5) is 29.9. The van der Waals surface area contributed by atoms with Crippen molar-refractivity contribution in [1.82, 2.24) is 19.3 Å². The van der Waals surface area contributed by atoms with E-state index in [1.807, 2.05) is 13.8 Å². The maximum absolute atomic E-state index is 13.9. The minimum Gasteiger partial charge on any atom is -0.494 e. The highest BCUT2D eigenvalue weighted by Crippen LogP contribution is 2.25. The first-order chi connectivity index (χ1) is 14.8. The second-order valence-electron chi connectivity index (χ2n) is 7.59. The summed E-state index contributed by atoms with van der Waals surface area (Å²) >= 11 is 0. The van der Waals surface area contributed by atoms with Gasteiger partial charge in [-0.2, -0.15) is 4.68 Å². The monoisotopic (exact) mass is 428 g/mol. The SMILES string of the molecule is COc1cc(-c2nn(-c3ccc(CCO)cn3)c(=O)n2CC(=O)CC(C)C)ccc1F. The van der Waals surface area contributed by atoms with Gasteiger partial charge in [0, 0.05) is 24.8 Å². The van der Waals surface area contributed by atoms with Crippen LogP contribution in [-0.4, -0.2) is 43.9 Å². The molecule has 0 fully saturated rings. The molecule has 0 aliphatic heterocycles. The predicted octanol–water partition coefficient (Wildman–Crippen LogP) is 2.39. The van der Waals surface area contributed by atoms with Crippen LogP contribution in [0.5, 0.6) is 5.75 Å². The Balaban J connectivity index is 2.10. The summed E-state index contributed by atoms with van der Waals surface area (Å²) in [6, 6.07) is 7.50. The Morgan fingerprint density at radius 2 is 2.03 bits per heavy atom. The summed E-state index contributed by atoms with van der Waals surface area (Å²) in [7, 11) is 1.35. The van der Waals surface area contributed by atoms with Crippen LogP contribution in [-0.2, 0) is 17.8 Å². The van der Waals surface area contributed by atoms with E-state index in [9.17, 15) is 14.0 Å². The Labute approximate surface area is 178 Å². The molecule has 0 spiro atoms. The molecule has 0 radical (unpaired) electrons. The van der Waals surface area contributed by atoms with Crippen molar-refractivity contribution < 1.29 is 19.0 Å². The smallest absolute Gasteiger partial charge is 0.352 e. The molecule has 1 N–H and O–H groups in total. The number of methoxy groups -OCH3 is 1. The zero-order valence-corrected chi connectivity index (χ0v) is 17.7. The van der Waals surface area contributed by atoms with Crippen molar-refractivity contribution in [3.63, 3.8) is 0 Å². The van der Waals surface area contributed by atoms with Crippen molar-refractivity contribution in [1.29, 1.82) is 0 Å².